The van der Waals surface area contributed by atoms with Crippen LogP contribution in [-0.4, -0.2) is 16.1 Å². The fourth-order valence-corrected chi connectivity index (χ4v) is 2.03. The van der Waals surface area contributed by atoms with Crippen LogP contribution in [0.5, 0.6) is 5.75 Å². The molecular formula is C14H11F4NO2. The lowest BCUT2D eigenvalue weighted by Crippen LogP contribution is -2.26. The molecule has 0 saturated heterocycles. The van der Waals surface area contributed by atoms with Gasteiger partial charge in [-0.3, -0.25) is 4.79 Å². The molecule has 0 aliphatic heterocycles. The molecular weight excluding hydrogens is 290 g/mol. The summed E-state index contributed by atoms with van der Waals surface area (Å²) in [6.07, 6.45) is -2.86. The number of aryl methyl sites for hydroxylation is 1. The van der Waals surface area contributed by atoms with Crippen LogP contribution in [-0.2, 0) is 6.54 Å². The van der Waals surface area contributed by atoms with Crippen LogP contribution >= 0.6 is 0 Å². The molecule has 112 valence electrons. The topological polar surface area (TPSA) is 42.2 Å². The van der Waals surface area contributed by atoms with Crippen molar-refractivity contribution >= 4 is 0 Å². The Morgan fingerprint density at radius 2 is 1.76 bits per heavy atom. The van der Waals surface area contributed by atoms with Crippen molar-refractivity contribution in [3.63, 3.8) is 0 Å². The molecule has 2 rings (SSSR count). The van der Waals surface area contributed by atoms with E-state index in [1.54, 1.807) is 0 Å². The summed E-state index contributed by atoms with van der Waals surface area (Å²) < 4.78 is 53.5. The van der Waals surface area contributed by atoms with Crippen molar-refractivity contribution in [1.29, 1.82) is 0 Å². The smallest absolute Gasteiger partial charge is 0.256 e. The summed E-state index contributed by atoms with van der Waals surface area (Å²) >= 11 is 0. The zero-order chi connectivity index (χ0) is 15.7. The van der Waals surface area contributed by atoms with Crippen LogP contribution in [0.15, 0.2) is 29.1 Å². The van der Waals surface area contributed by atoms with Crippen molar-refractivity contribution in [2.45, 2.75) is 19.9 Å². The third-order valence-electron chi connectivity index (χ3n) is 2.97. The zero-order valence-corrected chi connectivity index (χ0v) is 10.9. The summed E-state index contributed by atoms with van der Waals surface area (Å²) in [6, 6.07) is 3.79. The van der Waals surface area contributed by atoms with Crippen LogP contribution in [0.3, 0.4) is 0 Å². The number of pyridine rings is 1. The van der Waals surface area contributed by atoms with E-state index < -0.39 is 41.5 Å². The predicted molar refractivity (Wildman–Crippen MR) is 68.5 cm³/mol. The van der Waals surface area contributed by atoms with Gasteiger partial charge in [0.15, 0.2) is 0 Å². The van der Waals surface area contributed by atoms with Crippen LogP contribution in [0.2, 0.25) is 0 Å². The van der Waals surface area contributed by atoms with Gasteiger partial charge in [-0.25, -0.2) is 17.6 Å². The Labute approximate surface area is 117 Å². The van der Waals surface area contributed by atoms with Crippen molar-refractivity contribution < 1.29 is 22.7 Å². The molecule has 2 aromatic rings. The van der Waals surface area contributed by atoms with Gasteiger partial charge in [0.1, 0.15) is 17.4 Å². The number of alkyl halides is 2. The van der Waals surface area contributed by atoms with Crippen LogP contribution in [0.1, 0.15) is 5.56 Å². The summed E-state index contributed by atoms with van der Waals surface area (Å²) in [5.41, 5.74) is -1.51. The number of phenolic OH excluding ortho intramolecular Hbond substituents is 1. The molecule has 0 atom stereocenters. The summed E-state index contributed by atoms with van der Waals surface area (Å²) in [5.74, 6) is -2.92. The third kappa shape index (κ3) is 2.91. The third-order valence-corrected chi connectivity index (χ3v) is 2.97. The Balaban J connectivity index is 2.76. The summed E-state index contributed by atoms with van der Waals surface area (Å²) in [7, 11) is 0. The normalized spacial score (nSPS) is 11.1. The number of aromatic nitrogens is 1. The van der Waals surface area contributed by atoms with Gasteiger partial charge in [-0.05, 0) is 13.0 Å². The van der Waals surface area contributed by atoms with E-state index in [0.717, 1.165) is 0 Å². The Morgan fingerprint density at radius 3 is 2.29 bits per heavy atom. The Hall–Kier alpha value is -2.31. The monoisotopic (exact) mass is 301 g/mol. The van der Waals surface area contributed by atoms with Crippen molar-refractivity contribution in [2.75, 3.05) is 0 Å². The van der Waals surface area contributed by atoms with Crippen LogP contribution in [0.25, 0.3) is 11.3 Å². The van der Waals surface area contributed by atoms with Gasteiger partial charge >= 0.3 is 0 Å². The molecule has 7 heteroatoms. The van der Waals surface area contributed by atoms with Gasteiger partial charge in [-0.1, -0.05) is 6.07 Å². The quantitative estimate of drug-likeness (QED) is 0.885. The molecule has 21 heavy (non-hydrogen) atoms. The molecule has 0 aliphatic rings. The molecule has 0 unspecified atom stereocenters. The molecule has 1 aromatic heterocycles. The second-order valence-corrected chi connectivity index (χ2v) is 4.49. The Kier molecular flexibility index (Phi) is 4.02. The van der Waals surface area contributed by atoms with Crippen molar-refractivity contribution in [2.24, 2.45) is 0 Å². The second kappa shape index (κ2) is 5.59. The first-order valence-electron chi connectivity index (χ1n) is 5.98. The van der Waals surface area contributed by atoms with Gasteiger partial charge in [0.25, 0.3) is 12.0 Å². The van der Waals surface area contributed by atoms with Gasteiger partial charge in [0.2, 0.25) is 0 Å². The summed E-state index contributed by atoms with van der Waals surface area (Å²) in [6.45, 7) is 0.438. The van der Waals surface area contributed by atoms with E-state index in [1.807, 2.05) is 0 Å². The summed E-state index contributed by atoms with van der Waals surface area (Å²) in [4.78, 5) is 11.9. The number of benzene rings is 1. The van der Waals surface area contributed by atoms with Gasteiger partial charge in [0.05, 0.1) is 17.8 Å². The Morgan fingerprint density at radius 1 is 1.19 bits per heavy atom. The molecule has 1 N–H and O–H groups in total. The molecule has 0 radical (unpaired) electrons. The lowest BCUT2D eigenvalue weighted by molar-refractivity contribution is 0.125. The van der Waals surface area contributed by atoms with E-state index >= 15 is 0 Å². The van der Waals surface area contributed by atoms with E-state index in [-0.39, 0.29) is 11.3 Å². The second-order valence-electron chi connectivity index (χ2n) is 4.49. The SMILES string of the molecule is Cc1ccc(-c2c(F)cc(O)cc2F)n(CC(F)F)c1=O. The predicted octanol–water partition coefficient (Wildman–Crippen LogP) is 3.07. The Bertz CT molecular complexity index is 717. The number of hydrogen-bond donors (Lipinski definition) is 1. The maximum Gasteiger partial charge on any atom is 0.256 e. The highest BCUT2D eigenvalue weighted by atomic mass is 19.3. The molecule has 0 fully saturated rings. The number of hydrogen-bond acceptors (Lipinski definition) is 2. The minimum absolute atomic E-state index is 0.180. The van der Waals surface area contributed by atoms with Crippen molar-refractivity contribution in [3.8, 4) is 17.0 Å². The maximum absolute atomic E-state index is 13.8. The number of aromatic hydroxyl groups is 1. The van der Waals surface area contributed by atoms with Crippen LogP contribution < -0.4 is 5.56 Å². The zero-order valence-electron chi connectivity index (χ0n) is 10.9. The molecule has 0 amide bonds. The molecule has 1 heterocycles. The van der Waals surface area contributed by atoms with E-state index in [0.29, 0.717) is 16.7 Å². The lowest BCUT2D eigenvalue weighted by Gasteiger charge is -2.15. The molecule has 0 aliphatic carbocycles. The number of rotatable bonds is 3. The first-order valence-corrected chi connectivity index (χ1v) is 5.98. The molecule has 3 nitrogen and oxygen atoms in total. The molecule has 1 aromatic carbocycles. The highest BCUT2D eigenvalue weighted by Crippen LogP contribution is 2.29. The highest BCUT2D eigenvalue weighted by molar-refractivity contribution is 5.62. The van der Waals surface area contributed by atoms with E-state index in [2.05, 4.69) is 0 Å². The van der Waals surface area contributed by atoms with E-state index in [4.69, 9.17) is 5.11 Å². The van der Waals surface area contributed by atoms with Gasteiger partial charge in [-0.2, -0.15) is 0 Å². The molecule has 0 spiro atoms. The van der Waals surface area contributed by atoms with Gasteiger partial charge < -0.3 is 9.67 Å². The number of phenols is 1. The van der Waals surface area contributed by atoms with E-state index in [9.17, 15) is 22.4 Å². The highest BCUT2D eigenvalue weighted by Gasteiger charge is 2.19. The fourth-order valence-electron chi connectivity index (χ4n) is 2.03. The average molecular weight is 301 g/mol. The standard InChI is InChI=1S/C14H11F4NO2/c1-7-2-3-11(19(14(7)21)6-12(17)18)13-9(15)4-8(20)5-10(13)16/h2-5,12,20H,6H2,1H3. The van der Waals surface area contributed by atoms with E-state index in [1.165, 1.54) is 19.1 Å². The summed E-state index contributed by atoms with van der Waals surface area (Å²) in [5, 5.41) is 9.11. The fraction of sp³-hybridized carbons (Fsp3) is 0.214. The van der Waals surface area contributed by atoms with Crippen LogP contribution in [0, 0.1) is 18.6 Å². The first-order chi connectivity index (χ1) is 9.81. The average Bonchev–Trinajstić information content (AvgIpc) is 2.36. The maximum atomic E-state index is 13.8. The minimum Gasteiger partial charge on any atom is -0.508 e. The molecule has 0 saturated carbocycles. The van der Waals surface area contributed by atoms with Gasteiger partial charge in [0, 0.05) is 17.7 Å². The number of nitrogens with zero attached hydrogens (tertiary/aromatic N) is 1. The first kappa shape index (κ1) is 15.1. The van der Waals surface area contributed by atoms with Gasteiger partial charge in [-0.15, -0.1) is 0 Å². The largest absolute Gasteiger partial charge is 0.508 e. The minimum atomic E-state index is -2.86. The van der Waals surface area contributed by atoms with Crippen molar-refractivity contribution in [3.05, 3.63) is 51.8 Å². The molecule has 0 bridgehead atoms. The lowest BCUT2D eigenvalue weighted by atomic mass is 10.1. The van der Waals surface area contributed by atoms with Crippen molar-refractivity contribution in [1.82, 2.24) is 4.57 Å². The van der Waals surface area contributed by atoms with Crippen LogP contribution in [0.4, 0.5) is 17.6 Å². The number of halogens is 4.